The van der Waals surface area contributed by atoms with E-state index in [2.05, 4.69) is 15.2 Å². The third-order valence-corrected chi connectivity index (χ3v) is 6.49. The Kier molecular flexibility index (Phi) is 7.38. The molecule has 0 fully saturated rings. The van der Waals surface area contributed by atoms with Crippen molar-refractivity contribution in [3.8, 4) is 17.1 Å². The monoisotopic (exact) mass is 457 g/mol. The molecule has 3 aromatic rings. The van der Waals surface area contributed by atoms with Gasteiger partial charge in [0.05, 0.1) is 10.9 Å². The predicted molar refractivity (Wildman–Crippen MR) is 127 cm³/mol. The molecule has 2 heterocycles. The first-order valence-corrected chi connectivity index (χ1v) is 11.6. The number of thioether (sulfide) groups is 1. The second-order valence-corrected chi connectivity index (χ2v) is 9.67. The summed E-state index contributed by atoms with van der Waals surface area (Å²) in [5, 5.41) is 9.90. The van der Waals surface area contributed by atoms with Crippen LogP contribution in [0.4, 0.5) is 0 Å². The Morgan fingerprint density at radius 1 is 1.03 bits per heavy atom. The lowest BCUT2D eigenvalue weighted by Crippen LogP contribution is -2.45. The number of halogens is 1. The van der Waals surface area contributed by atoms with Crippen molar-refractivity contribution in [3.05, 3.63) is 53.3 Å². The number of benzene rings is 1. The van der Waals surface area contributed by atoms with E-state index in [-0.39, 0.29) is 23.2 Å². The lowest BCUT2D eigenvalue weighted by atomic mass is 10.2. The maximum absolute atomic E-state index is 13.2. The summed E-state index contributed by atoms with van der Waals surface area (Å²) in [5.41, 5.74) is 2.70. The average Bonchev–Trinajstić information content (AvgIpc) is 3.13. The van der Waals surface area contributed by atoms with E-state index in [9.17, 15) is 4.79 Å². The number of carbonyl (C=O) groups excluding carboxylic acids is 1. The molecule has 0 aliphatic carbocycles. The molecule has 0 saturated heterocycles. The van der Waals surface area contributed by atoms with Crippen molar-refractivity contribution in [2.24, 2.45) is 0 Å². The minimum absolute atomic E-state index is 0.0813. The van der Waals surface area contributed by atoms with Crippen molar-refractivity contribution < 1.29 is 4.79 Å². The van der Waals surface area contributed by atoms with Gasteiger partial charge in [-0.05, 0) is 71.4 Å². The van der Waals surface area contributed by atoms with Crippen molar-refractivity contribution in [2.45, 2.75) is 64.0 Å². The van der Waals surface area contributed by atoms with Crippen molar-refractivity contribution in [1.29, 1.82) is 0 Å². The lowest BCUT2D eigenvalue weighted by molar-refractivity contribution is -0.133. The Bertz CT molecular complexity index is 1040. The minimum Gasteiger partial charge on any atom is -0.337 e. The molecule has 0 aliphatic rings. The van der Waals surface area contributed by atoms with Crippen LogP contribution < -0.4 is 0 Å². The number of amides is 1. The van der Waals surface area contributed by atoms with E-state index < -0.39 is 0 Å². The summed E-state index contributed by atoms with van der Waals surface area (Å²) in [6.07, 6.45) is 3.45. The third kappa shape index (κ3) is 4.93. The fraction of sp³-hybridized carbons (Fsp3) is 0.391. The molecule has 8 heteroatoms. The molecule has 0 aliphatic heterocycles. The molecule has 0 bridgehead atoms. The van der Waals surface area contributed by atoms with Crippen molar-refractivity contribution in [2.75, 3.05) is 0 Å². The molecule has 6 nitrogen and oxygen atoms in total. The quantitative estimate of drug-likeness (QED) is 0.443. The van der Waals surface area contributed by atoms with E-state index in [4.69, 9.17) is 11.6 Å². The summed E-state index contributed by atoms with van der Waals surface area (Å²) >= 11 is 7.82. The Balaban J connectivity index is 2.06. The highest BCUT2D eigenvalue weighted by atomic mass is 35.5. The number of rotatable bonds is 7. The first-order valence-electron chi connectivity index (χ1n) is 10.3. The highest BCUT2D eigenvalue weighted by Crippen LogP contribution is 2.33. The van der Waals surface area contributed by atoms with E-state index in [0.29, 0.717) is 16.0 Å². The first kappa shape index (κ1) is 23.3. The normalized spacial score (nSPS) is 12.4. The summed E-state index contributed by atoms with van der Waals surface area (Å²) in [7, 11) is 0. The SMILES string of the molecule is Cc1c(Cl)cccc1-n1c(SC(C)C(=O)N(C(C)C)C(C)C)nnc1-c1ccncc1. The predicted octanol–water partition coefficient (Wildman–Crippen LogP) is 5.42. The van der Waals surface area contributed by atoms with E-state index in [1.165, 1.54) is 11.8 Å². The number of aromatic nitrogens is 4. The standard InChI is InChI=1S/C23H28ClN5OS/c1-14(2)28(15(3)4)22(30)17(6)31-23-27-26-21(18-10-12-25-13-11-18)29(23)20-9-7-8-19(24)16(20)5/h7-15,17H,1-6H3. The Morgan fingerprint density at radius 3 is 2.29 bits per heavy atom. The molecule has 3 rings (SSSR count). The number of carbonyl (C=O) groups is 1. The zero-order chi connectivity index (χ0) is 22.7. The van der Waals surface area contributed by atoms with Gasteiger partial charge < -0.3 is 4.90 Å². The zero-order valence-corrected chi connectivity index (χ0v) is 20.3. The molecule has 1 unspecified atom stereocenters. The van der Waals surface area contributed by atoms with Gasteiger partial charge in [0.15, 0.2) is 11.0 Å². The van der Waals surface area contributed by atoms with E-state index in [0.717, 1.165) is 16.8 Å². The van der Waals surface area contributed by atoms with Gasteiger partial charge in [-0.15, -0.1) is 10.2 Å². The van der Waals surface area contributed by atoms with Gasteiger partial charge in [-0.2, -0.15) is 0 Å². The van der Waals surface area contributed by atoms with Gasteiger partial charge in [-0.1, -0.05) is 29.4 Å². The van der Waals surface area contributed by atoms with Crippen molar-refractivity contribution >= 4 is 29.3 Å². The molecule has 1 amide bonds. The van der Waals surface area contributed by atoms with Crippen LogP contribution in [0.3, 0.4) is 0 Å². The smallest absolute Gasteiger partial charge is 0.236 e. The Morgan fingerprint density at radius 2 is 1.68 bits per heavy atom. The van der Waals surface area contributed by atoms with Gasteiger partial charge in [-0.3, -0.25) is 14.3 Å². The molecular formula is C23H28ClN5OS. The van der Waals surface area contributed by atoms with Crippen LogP contribution in [-0.4, -0.2) is 47.9 Å². The topological polar surface area (TPSA) is 63.9 Å². The van der Waals surface area contributed by atoms with Gasteiger partial charge in [0.1, 0.15) is 0 Å². The largest absolute Gasteiger partial charge is 0.337 e. The summed E-state index contributed by atoms with van der Waals surface area (Å²) in [6.45, 7) is 12.0. The van der Waals surface area contributed by atoms with Gasteiger partial charge in [0.2, 0.25) is 5.91 Å². The molecule has 2 aromatic heterocycles. The first-order chi connectivity index (χ1) is 14.7. The highest BCUT2D eigenvalue weighted by Gasteiger charge is 2.28. The molecule has 0 N–H and O–H groups in total. The van der Waals surface area contributed by atoms with E-state index in [1.807, 2.05) is 81.3 Å². The van der Waals surface area contributed by atoms with Crippen LogP contribution in [0.15, 0.2) is 47.9 Å². The van der Waals surface area contributed by atoms with E-state index >= 15 is 0 Å². The molecule has 0 radical (unpaired) electrons. The number of hydrogen-bond donors (Lipinski definition) is 0. The molecule has 1 aromatic carbocycles. The van der Waals surface area contributed by atoms with Crippen LogP contribution in [0.25, 0.3) is 17.1 Å². The summed E-state index contributed by atoms with van der Waals surface area (Å²) in [5.74, 6) is 0.761. The minimum atomic E-state index is -0.322. The summed E-state index contributed by atoms with van der Waals surface area (Å²) < 4.78 is 1.97. The van der Waals surface area contributed by atoms with Crippen molar-refractivity contribution in [1.82, 2.24) is 24.6 Å². The lowest BCUT2D eigenvalue weighted by Gasteiger charge is -2.32. The summed E-state index contributed by atoms with van der Waals surface area (Å²) in [6, 6.07) is 9.78. The van der Waals surface area contributed by atoms with Gasteiger partial charge >= 0.3 is 0 Å². The van der Waals surface area contributed by atoms with Crippen LogP contribution >= 0.6 is 23.4 Å². The second kappa shape index (κ2) is 9.83. The van der Waals surface area contributed by atoms with Crippen LogP contribution in [-0.2, 0) is 4.79 Å². The fourth-order valence-electron chi connectivity index (χ4n) is 3.61. The third-order valence-electron chi connectivity index (χ3n) is 5.05. The number of nitrogens with zero attached hydrogens (tertiary/aromatic N) is 5. The number of pyridine rings is 1. The summed E-state index contributed by atoms with van der Waals surface area (Å²) in [4.78, 5) is 19.2. The molecule has 31 heavy (non-hydrogen) atoms. The number of hydrogen-bond acceptors (Lipinski definition) is 5. The van der Waals surface area contributed by atoms with Gasteiger partial charge in [-0.25, -0.2) is 0 Å². The molecular weight excluding hydrogens is 430 g/mol. The molecule has 1 atom stereocenters. The molecule has 0 saturated carbocycles. The Labute approximate surface area is 193 Å². The molecule has 0 spiro atoms. The Hall–Kier alpha value is -2.38. The van der Waals surface area contributed by atoms with Gasteiger partial charge in [0.25, 0.3) is 0 Å². The fourth-order valence-corrected chi connectivity index (χ4v) is 4.70. The second-order valence-electron chi connectivity index (χ2n) is 7.95. The van der Waals surface area contributed by atoms with Crippen LogP contribution in [0.1, 0.15) is 40.2 Å². The maximum atomic E-state index is 13.2. The maximum Gasteiger partial charge on any atom is 0.236 e. The van der Waals surface area contributed by atoms with Crippen LogP contribution in [0, 0.1) is 6.92 Å². The van der Waals surface area contributed by atoms with Crippen molar-refractivity contribution in [3.63, 3.8) is 0 Å². The average molecular weight is 458 g/mol. The van der Waals surface area contributed by atoms with Crippen LogP contribution in [0.2, 0.25) is 5.02 Å². The molecule has 164 valence electrons. The van der Waals surface area contributed by atoms with Gasteiger partial charge in [0, 0.05) is 35.1 Å². The van der Waals surface area contributed by atoms with E-state index in [1.54, 1.807) is 12.4 Å². The highest BCUT2D eigenvalue weighted by molar-refractivity contribution is 8.00. The van der Waals surface area contributed by atoms with Crippen LogP contribution in [0.5, 0.6) is 0 Å². The zero-order valence-electron chi connectivity index (χ0n) is 18.7.